The number of benzene rings is 2. The number of likely N-dealkylation sites (tertiary alicyclic amines) is 1. The van der Waals surface area contributed by atoms with Gasteiger partial charge in [0.1, 0.15) is 0 Å². The van der Waals surface area contributed by atoms with E-state index in [0.717, 1.165) is 56.9 Å². The SMILES string of the molecule is O=C(N[C@H](CN1CCOCC1)c1ccccc1)[C@H]1CCCN(C(=O)Nc2ccccc2)C1. The Balaban J connectivity index is 1.38. The van der Waals surface area contributed by atoms with Crippen LogP contribution in [0.3, 0.4) is 0 Å². The number of nitrogens with one attached hydrogen (secondary N) is 2. The normalized spacial score (nSPS) is 20.4. The van der Waals surface area contributed by atoms with Crippen LogP contribution in [0.5, 0.6) is 0 Å². The highest BCUT2D eigenvalue weighted by Gasteiger charge is 2.30. The standard InChI is InChI=1S/C25H32N4O3/c30-24(21-10-7-13-29(18-21)25(31)26-22-11-5-2-6-12-22)27-23(20-8-3-1-4-9-20)19-28-14-16-32-17-15-28/h1-6,8-9,11-12,21,23H,7,10,13-19H2,(H,26,31)(H,27,30)/t21-,23+/m0/s1. The molecule has 0 radical (unpaired) electrons. The van der Waals surface area contributed by atoms with E-state index in [1.165, 1.54) is 0 Å². The maximum Gasteiger partial charge on any atom is 0.321 e. The van der Waals surface area contributed by atoms with Crippen LogP contribution in [0.4, 0.5) is 10.5 Å². The number of hydrogen-bond acceptors (Lipinski definition) is 4. The summed E-state index contributed by atoms with van der Waals surface area (Å²) >= 11 is 0. The number of amides is 3. The first-order valence-corrected chi connectivity index (χ1v) is 11.5. The van der Waals surface area contributed by atoms with Gasteiger partial charge in [0.05, 0.1) is 25.2 Å². The molecule has 0 bridgehead atoms. The lowest BCUT2D eigenvalue weighted by atomic mass is 9.96. The molecule has 0 aliphatic carbocycles. The highest BCUT2D eigenvalue weighted by Crippen LogP contribution is 2.21. The van der Waals surface area contributed by atoms with E-state index in [4.69, 9.17) is 4.74 Å². The van der Waals surface area contributed by atoms with Gasteiger partial charge in [-0.15, -0.1) is 0 Å². The first-order chi connectivity index (χ1) is 15.7. The monoisotopic (exact) mass is 436 g/mol. The molecule has 7 nitrogen and oxygen atoms in total. The molecule has 170 valence electrons. The first kappa shape index (κ1) is 22.3. The third kappa shape index (κ3) is 6.08. The van der Waals surface area contributed by atoms with Crippen molar-refractivity contribution in [2.24, 2.45) is 5.92 Å². The summed E-state index contributed by atoms with van der Waals surface area (Å²) in [5, 5.41) is 6.21. The summed E-state index contributed by atoms with van der Waals surface area (Å²) in [6.45, 7) is 5.05. The van der Waals surface area contributed by atoms with E-state index in [2.05, 4.69) is 27.7 Å². The fourth-order valence-electron chi connectivity index (χ4n) is 4.35. The molecule has 2 N–H and O–H groups in total. The van der Waals surface area contributed by atoms with Gasteiger partial charge in [-0.25, -0.2) is 4.79 Å². The Hall–Kier alpha value is -2.90. The minimum Gasteiger partial charge on any atom is -0.379 e. The van der Waals surface area contributed by atoms with Crippen LogP contribution >= 0.6 is 0 Å². The van der Waals surface area contributed by atoms with Crippen molar-refractivity contribution in [1.29, 1.82) is 0 Å². The largest absolute Gasteiger partial charge is 0.379 e. The van der Waals surface area contributed by atoms with Crippen molar-refractivity contribution in [2.75, 3.05) is 51.3 Å². The number of rotatable bonds is 6. The molecule has 2 atom stereocenters. The van der Waals surface area contributed by atoms with E-state index in [0.29, 0.717) is 13.1 Å². The maximum absolute atomic E-state index is 13.2. The van der Waals surface area contributed by atoms with Crippen LogP contribution in [0.25, 0.3) is 0 Å². The lowest BCUT2D eigenvalue weighted by Crippen LogP contribution is -2.49. The summed E-state index contributed by atoms with van der Waals surface area (Å²) in [5.74, 6) is -0.189. The molecule has 0 saturated carbocycles. The van der Waals surface area contributed by atoms with Crippen LogP contribution in [-0.2, 0) is 9.53 Å². The molecule has 3 amide bonds. The number of piperidine rings is 1. The first-order valence-electron chi connectivity index (χ1n) is 11.5. The van der Waals surface area contributed by atoms with Crippen molar-refractivity contribution >= 4 is 17.6 Å². The van der Waals surface area contributed by atoms with Gasteiger partial charge in [-0.1, -0.05) is 48.5 Å². The lowest BCUT2D eigenvalue weighted by molar-refractivity contribution is -0.127. The fourth-order valence-corrected chi connectivity index (χ4v) is 4.35. The molecule has 0 unspecified atom stereocenters. The molecular weight excluding hydrogens is 404 g/mol. The van der Waals surface area contributed by atoms with Gasteiger partial charge >= 0.3 is 6.03 Å². The molecule has 2 aliphatic heterocycles. The highest BCUT2D eigenvalue weighted by atomic mass is 16.5. The topological polar surface area (TPSA) is 73.9 Å². The molecule has 2 heterocycles. The predicted molar refractivity (Wildman–Crippen MR) is 124 cm³/mol. The molecule has 2 aromatic rings. The van der Waals surface area contributed by atoms with Gasteiger partial charge in [-0.2, -0.15) is 0 Å². The maximum atomic E-state index is 13.2. The van der Waals surface area contributed by atoms with E-state index < -0.39 is 0 Å². The third-order valence-corrected chi connectivity index (χ3v) is 6.17. The molecule has 2 fully saturated rings. The fraction of sp³-hybridized carbons (Fsp3) is 0.440. The third-order valence-electron chi connectivity index (χ3n) is 6.17. The van der Waals surface area contributed by atoms with Crippen molar-refractivity contribution in [3.63, 3.8) is 0 Å². The van der Waals surface area contributed by atoms with Gasteiger partial charge in [0.25, 0.3) is 0 Å². The Labute approximate surface area is 189 Å². The summed E-state index contributed by atoms with van der Waals surface area (Å²) in [6, 6.07) is 19.3. The van der Waals surface area contributed by atoms with E-state index >= 15 is 0 Å². The second-order valence-electron chi connectivity index (χ2n) is 8.47. The molecule has 4 rings (SSSR count). The van der Waals surface area contributed by atoms with Crippen molar-refractivity contribution in [1.82, 2.24) is 15.1 Å². The average molecular weight is 437 g/mol. The molecule has 2 aliphatic rings. The molecule has 0 spiro atoms. The van der Waals surface area contributed by atoms with Crippen molar-refractivity contribution in [2.45, 2.75) is 18.9 Å². The van der Waals surface area contributed by atoms with Gasteiger partial charge < -0.3 is 20.3 Å². The van der Waals surface area contributed by atoms with Gasteiger partial charge in [0, 0.05) is 38.4 Å². The summed E-state index contributed by atoms with van der Waals surface area (Å²) < 4.78 is 5.47. The molecular formula is C25H32N4O3. The predicted octanol–water partition coefficient (Wildman–Crippen LogP) is 3.12. The number of nitrogens with zero attached hydrogens (tertiary/aromatic N) is 2. The minimum atomic E-state index is -0.207. The number of anilines is 1. The summed E-state index contributed by atoms with van der Waals surface area (Å²) in [5.41, 5.74) is 1.86. The van der Waals surface area contributed by atoms with Crippen LogP contribution in [0, 0.1) is 5.92 Å². The summed E-state index contributed by atoms with van der Waals surface area (Å²) in [4.78, 5) is 30.0. The minimum absolute atomic E-state index is 0.0179. The molecule has 7 heteroatoms. The Morgan fingerprint density at radius 2 is 1.66 bits per heavy atom. The zero-order valence-corrected chi connectivity index (χ0v) is 18.4. The number of carbonyl (C=O) groups excluding carboxylic acids is 2. The zero-order chi connectivity index (χ0) is 22.2. The average Bonchev–Trinajstić information content (AvgIpc) is 2.85. The van der Waals surface area contributed by atoms with Crippen molar-refractivity contribution in [3.05, 3.63) is 66.2 Å². The zero-order valence-electron chi connectivity index (χ0n) is 18.4. The lowest BCUT2D eigenvalue weighted by Gasteiger charge is -2.34. The van der Waals surface area contributed by atoms with Gasteiger partial charge in [0.15, 0.2) is 0 Å². The van der Waals surface area contributed by atoms with Crippen molar-refractivity contribution in [3.8, 4) is 0 Å². The Bertz CT molecular complexity index is 871. The second kappa shape index (κ2) is 11.1. The number of morpholine rings is 1. The molecule has 2 saturated heterocycles. The van der Waals surface area contributed by atoms with Crippen LogP contribution in [0.15, 0.2) is 60.7 Å². The Kier molecular flexibility index (Phi) is 7.74. The molecule has 32 heavy (non-hydrogen) atoms. The van der Waals surface area contributed by atoms with Gasteiger partial charge in [0.2, 0.25) is 5.91 Å². The quantitative estimate of drug-likeness (QED) is 0.730. The summed E-state index contributed by atoms with van der Waals surface area (Å²) in [6.07, 6.45) is 1.61. The summed E-state index contributed by atoms with van der Waals surface area (Å²) in [7, 11) is 0. The Morgan fingerprint density at radius 1 is 0.969 bits per heavy atom. The number of ether oxygens (including phenoxy) is 1. The van der Waals surface area contributed by atoms with Crippen LogP contribution in [0.1, 0.15) is 24.4 Å². The van der Waals surface area contributed by atoms with Gasteiger partial charge in [-0.05, 0) is 30.5 Å². The van der Waals surface area contributed by atoms with Crippen LogP contribution < -0.4 is 10.6 Å². The van der Waals surface area contributed by atoms with E-state index in [1.807, 2.05) is 48.5 Å². The smallest absolute Gasteiger partial charge is 0.321 e. The van der Waals surface area contributed by atoms with Gasteiger partial charge in [-0.3, -0.25) is 9.69 Å². The molecule has 2 aromatic carbocycles. The Morgan fingerprint density at radius 3 is 2.38 bits per heavy atom. The number of carbonyl (C=O) groups is 2. The highest BCUT2D eigenvalue weighted by molar-refractivity contribution is 5.90. The van der Waals surface area contributed by atoms with E-state index in [9.17, 15) is 9.59 Å². The number of para-hydroxylation sites is 1. The van der Waals surface area contributed by atoms with E-state index in [1.54, 1.807) is 4.90 Å². The molecule has 0 aromatic heterocycles. The van der Waals surface area contributed by atoms with Crippen molar-refractivity contribution < 1.29 is 14.3 Å². The number of hydrogen-bond donors (Lipinski definition) is 2. The second-order valence-corrected chi connectivity index (χ2v) is 8.47. The van der Waals surface area contributed by atoms with Crippen LogP contribution in [0.2, 0.25) is 0 Å². The number of urea groups is 1. The van der Waals surface area contributed by atoms with E-state index in [-0.39, 0.29) is 23.9 Å². The van der Waals surface area contributed by atoms with Crippen LogP contribution in [-0.4, -0.2) is 67.7 Å².